The van der Waals surface area contributed by atoms with Gasteiger partial charge in [0.1, 0.15) is 6.61 Å². The zero-order valence-electron chi connectivity index (χ0n) is 14.6. The van der Waals surface area contributed by atoms with Gasteiger partial charge in [-0.05, 0) is 37.3 Å². The summed E-state index contributed by atoms with van der Waals surface area (Å²) in [4.78, 5) is 14.0. The van der Waals surface area contributed by atoms with Crippen molar-refractivity contribution in [3.05, 3.63) is 58.9 Å². The van der Waals surface area contributed by atoms with E-state index in [2.05, 4.69) is 22.8 Å². The van der Waals surface area contributed by atoms with Gasteiger partial charge in [0.2, 0.25) is 0 Å². The summed E-state index contributed by atoms with van der Waals surface area (Å²) in [6.07, 6.45) is 5.07. The third-order valence-electron chi connectivity index (χ3n) is 5.01. The van der Waals surface area contributed by atoms with E-state index in [0.717, 1.165) is 30.6 Å². The Morgan fingerprint density at radius 2 is 2.04 bits per heavy atom. The van der Waals surface area contributed by atoms with E-state index in [1.54, 1.807) is 4.90 Å². The Balaban J connectivity index is 1.40. The van der Waals surface area contributed by atoms with Crippen LogP contribution in [-0.2, 0) is 24.3 Å². The fourth-order valence-corrected chi connectivity index (χ4v) is 3.75. The van der Waals surface area contributed by atoms with Crippen molar-refractivity contribution in [1.82, 2.24) is 14.7 Å². The molecule has 0 bridgehead atoms. The van der Waals surface area contributed by atoms with E-state index >= 15 is 0 Å². The maximum atomic E-state index is 12.3. The van der Waals surface area contributed by atoms with E-state index in [4.69, 9.17) is 4.74 Å². The summed E-state index contributed by atoms with van der Waals surface area (Å²) in [6, 6.07) is 9.78. The summed E-state index contributed by atoms with van der Waals surface area (Å²) in [5.41, 5.74) is 6.13. The van der Waals surface area contributed by atoms with Crippen LogP contribution in [-0.4, -0.2) is 33.9 Å². The Bertz CT molecular complexity index is 808. The van der Waals surface area contributed by atoms with Crippen molar-refractivity contribution in [2.24, 2.45) is 0 Å². The molecule has 2 aliphatic heterocycles. The molecule has 25 heavy (non-hydrogen) atoms. The number of carbonyl (C=O) groups excluding carboxylic acids is 1. The van der Waals surface area contributed by atoms with Crippen LogP contribution in [0.5, 0.6) is 0 Å². The molecular formula is C20H23N3O2. The fraction of sp³-hybridized carbons (Fsp3) is 0.400. The van der Waals surface area contributed by atoms with E-state index in [9.17, 15) is 4.79 Å². The van der Waals surface area contributed by atoms with Crippen LogP contribution in [0.1, 0.15) is 35.4 Å². The van der Waals surface area contributed by atoms with Crippen molar-refractivity contribution >= 4 is 11.7 Å². The predicted molar refractivity (Wildman–Crippen MR) is 96.1 cm³/mol. The Kier molecular flexibility index (Phi) is 4.30. The number of benzene rings is 1. The van der Waals surface area contributed by atoms with Gasteiger partial charge in [-0.15, -0.1) is 0 Å². The normalized spacial score (nSPS) is 16.5. The molecule has 2 aliphatic rings. The SMILES string of the molecule is Cc1nn2c(c1C1=CCN(C(=O)OCc3ccccc3)CC1)CCC2. The molecular weight excluding hydrogens is 314 g/mol. The number of ether oxygens (including phenoxy) is 1. The van der Waals surface area contributed by atoms with E-state index in [-0.39, 0.29) is 6.09 Å². The summed E-state index contributed by atoms with van der Waals surface area (Å²) in [5.74, 6) is 0. The number of aromatic nitrogens is 2. The van der Waals surface area contributed by atoms with Crippen LogP contribution in [0, 0.1) is 6.92 Å². The number of fused-ring (bicyclic) bond motifs is 1. The summed E-state index contributed by atoms with van der Waals surface area (Å²) in [6.45, 7) is 4.74. The second kappa shape index (κ2) is 6.75. The third-order valence-corrected chi connectivity index (χ3v) is 5.01. The highest BCUT2D eigenvalue weighted by Crippen LogP contribution is 2.31. The minimum Gasteiger partial charge on any atom is -0.445 e. The lowest BCUT2D eigenvalue weighted by atomic mass is 9.96. The molecule has 5 heteroatoms. The lowest BCUT2D eigenvalue weighted by molar-refractivity contribution is 0.0998. The molecule has 0 spiro atoms. The zero-order valence-corrected chi connectivity index (χ0v) is 14.6. The van der Waals surface area contributed by atoms with Crippen molar-refractivity contribution in [3.63, 3.8) is 0 Å². The van der Waals surface area contributed by atoms with Crippen molar-refractivity contribution < 1.29 is 9.53 Å². The quantitative estimate of drug-likeness (QED) is 0.860. The highest BCUT2D eigenvalue weighted by atomic mass is 16.6. The number of aryl methyl sites for hydroxylation is 2. The van der Waals surface area contributed by atoms with Crippen molar-refractivity contribution in [1.29, 1.82) is 0 Å². The van der Waals surface area contributed by atoms with Crippen molar-refractivity contribution in [3.8, 4) is 0 Å². The minimum absolute atomic E-state index is 0.240. The fourth-order valence-electron chi connectivity index (χ4n) is 3.75. The molecule has 0 N–H and O–H groups in total. The van der Waals surface area contributed by atoms with Crippen LogP contribution in [0.3, 0.4) is 0 Å². The van der Waals surface area contributed by atoms with Crippen LogP contribution in [0.2, 0.25) is 0 Å². The summed E-state index contributed by atoms with van der Waals surface area (Å²) >= 11 is 0. The molecule has 1 amide bonds. The first-order chi connectivity index (χ1) is 12.2. The minimum atomic E-state index is -0.240. The van der Waals surface area contributed by atoms with E-state index in [1.807, 2.05) is 30.3 Å². The molecule has 0 atom stereocenters. The zero-order chi connectivity index (χ0) is 17.2. The lowest BCUT2D eigenvalue weighted by Gasteiger charge is -2.26. The third kappa shape index (κ3) is 3.18. The van der Waals surface area contributed by atoms with E-state index in [1.165, 1.54) is 23.3 Å². The first kappa shape index (κ1) is 15.9. The summed E-state index contributed by atoms with van der Waals surface area (Å²) in [5, 5.41) is 4.65. The van der Waals surface area contributed by atoms with Gasteiger partial charge in [-0.1, -0.05) is 36.4 Å². The first-order valence-electron chi connectivity index (χ1n) is 8.93. The van der Waals surface area contributed by atoms with Crippen LogP contribution in [0.25, 0.3) is 5.57 Å². The molecule has 0 radical (unpaired) electrons. The molecule has 0 saturated heterocycles. The van der Waals surface area contributed by atoms with Gasteiger partial charge >= 0.3 is 6.09 Å². The van der Waals surface area contributed by atoms with Gasteiger partial charge in [-0.3, -0.25) is 4.68 Å². The van der Waals surface area contributed by atoms with Gasteiger partial charge < -0.3 is 9.64 Å². The number of hydrogen-bond donors (Lipinski definition) is 0. The van der Waals surface area contributed by atoms with Gasteiger partial charge in [0.05, 0.1) is 5.69 Å². The Labute approximate surface area is 147 Å². The summed E-state index contributed by atoms with van der Waals surface area (Å²) < 4.78 is 7.58. The predicted octanol–water partition coefficient (Wildman–Crippen LogP) is 3.56. The molecule has 4 rings (SSSR count). The van der Waals surface area contributed by atoms with Crippen LogP contribution in [0.15, 0.2) is 36.4 Å². The molecule has 1 aromatic heterocycles. The summed E-state index contributed by atoms with van der Waals surface area (Å²) in [7, 11) is 0. The monoisotopic (exact) mass is 337 g/mol. The lowest BCUT2D eigenvalue weighted by Crippen LogP contribution is -2.35. The second-order valence-corrected chi connectivity index (χ2v) is 6.70. The van der Waals surface area contributed by atoms with Crippen LogP contribution >= 0.6 is 0 Å². The molecule has 2 aromatic rings. The van der Waals surface area contributed by atoms with Crippen LogP contribution in [0.4, 0.5) is 4.79 Å². The maximum absolute atomic E-state index is 12.3. The Hall–Kier alpha value is -2.56. The molecule has 1 aromatic carbocycles. The van der Waals surface area contributed by atoms with Gasteiger partial charge in [0.15, 0.2) is 0 Å². The van der Waals surface area contributed by atoms with Crippen LogP contribution < -0.4 is 0 Å². The van der Waals surface area contributed by atoms with Gasteiger partial charge in [0.25, 0.3) is 0 Å². The van der Waals surface area contributed by atoms with E-state index in [0.29, 0.717) is 19.7 Å². The number of rotatable bonds is 3. The average Bonchev–Trinajstić information content (AvgIpc) is 3.21. The van der Waals surface area contributed by atoms with Crippen molar-refractivity contribution in [2.75, 3.05) is 13.1 Å². The molecule has 0 unspecified atom stereocenters. The Morgan fingerprint density at radius 1 is 1.20 bits per heavy atom. The number of nitrogens with zero attached hydrogens (tertiary/aromatic N) is 3. The molecule has 3 heterocycles. The smallest absolute Gasteiger partial charge is 0.410 e. The maximum Gasteiger partial charge on any atom is 0.410 e. The number of carbonyl (C=O) groups is 1. The van der Waals surface area contributed by atoms with Gasteiger partial charge in [-0.25, -0.2) is 4.79 Å². The molecule has 0 saturated carbocycles. The van der Waals surface area contributed by atoms with Crippen molar-refractivity contribution in [2.45, 2.75) is 39.3 Å². The Morgan fingerprint density at radius 3 is 2.80 bits per heavy atom. The second-order valence-electron chi connectivity index (χ2n) is 6.70. The highest BCUT2D eigenvalue weighted by molar-refractivity contribution is 5.74. The topological polar surface area (TPSA) is 47.4 Å². The first-order valence-corrected chi connectivity index (χ1v) is 8.93. The molecule has 0 aliphatic carbocycles. The van der Waals surface area contributed by atoms with Gasteiger partial charge in [0, 0.05) is 30.9 Å². The van der Waals surface area contributed by atoms with Gasteiger partial charge in [-0.2, -0.15) is 5.10 Å². The molecule has 5 nitrogen and oxygen atoms in total. The number of hydrogen-bond acceptors (Lipinski definition) is 3. The number of amides is 1. The standard InChI is InChI=1S/C20H23N3O2/c1-15-19(18-8-5-11-23(18)21-15)17-9-12-22(13-10-17)20(24)25-14-16-6-3-2-4-7-16/h2-4,6-7,9H,5,8,10-14H2,1H3. The molecule has 0 fully saturated rings. The average molecular weight is 337 g/mol. The van der Waals surface area contributed by atoms with E-state index < -0.39 is 0 Å². The largest absolute Gasteiger partial charge is 0.445 e. The highest BCUT2D eigenvalue weighted by Gasteiger charge is 2.25. The molecule has 130 valence electrons.